The fourth-order valence-corrected chi connectivity index (χ4v) is 3.17. The van der Waals surface area contributed by atoms with Gasteiger partial charge in [0.15, 0.2) is 0 Å². The van der Waals surface area contributed by atoms with Gasteiger partial charge in [-0.3, -0.25) is 0 Å². The molecule has 4 heteroatoms. The molecule has 18 heavy (non-hydrogen) atoms. The Bertz CT molecular complexity index is 545. The lowest BCUT2D eigenvalue weighted by molar-refractivity contribution is 0.411. The smallest absolute Gasteiger partial charge is 0.122 e. The topological polar surface area (TPSA) is 9.23 Å². The molecule has 0 amide bonds. The summed E-state index contributed by atoms with van der Waals surface area (Å²) in [6.45, 7) is 0. The van der Waals surface area contributed by atoms with Crippen molar-refractivity contribution < 1.29 is 4.74 Å². The van der Waals surface area contributed by atoms with Crippen LogP contribution < -0.4 is 4.74 Å². The van der Waals surface area contributed by atoms with Crippen molar-refractivity contribution in [2.45, 2.75) is 10.6 Å². The number of ether oxygens (including phenoxy) is 1. The third-order valence-electron chi connectivity index (χ3n) is 2.43. The largest absolute Gasteiger partial charge is 0.496 e. The van der Waals surface area contributed by atoms with Crippen molar-refractivity contribution in [3.05, 3.63) is 57.5 Å². The lowest BCUT2D eigenvalue weighted by Gasteiger charge is -2.09. The third kappa shape index (κ3) is 3.67. The van der Waals surface area contributed by atoms with Gasteiger partial charge in [0.2, 0.25) is 0 Å². The van der Waals surface area contributed by atoms with Crippen molar-refractivity contribution in [3.63, 3.8) is 0 Å². The Balaban J connectivity index is 2.12. The summed E-state index contributed by atoms with van der Waals surface area (Å²) in [4.78, 5) is 1.16. The molecule has 0 unspecified atom stereocenters. The van der Waals surface area contributed by atoms with Crippen molar-refractivity contribution in [1.82, 2.24) is 0 Å². The summed E-state index contributed by atoms with van der Waals surface area (Å²) in [6.07, 6.45) is 0. The first kappa shape index (κ1) is 13.8. The van der Waals surface area contributed by atoms with Crippen molar-refractivity contribution in [1.29, 1.82) is 0 Å². The van der Waals surface area contributed by atoms with Gasteiger partial charge in [0.25, 0.3) is 0 Å². The summed E-state index contributed by atoms with van der Waals surface area (Å²) in [6, 6.07) is 13.9. The minimum atomic E-state index is 0.765. The van der Waals surface area contributed by atoms with E-state index in [1.165, 1.54) is 0 Å². The van der Waals surface area contributed by atoms with Gasteiger partial charge in [-0.15, -0.1) is 11.8 Å². The van der Waals surface area contributed by atoms with Crippen molar-refractivity contribution in [3.8, 4) is 5.75 Å². The highest BCUT2D eigenvalue weighted by molar-refractivity contribution is 9.10. The van der Waals surface area contributed by atoms with Crippen LogP contribution >= 0.6 is 39.3 Å². The molecule has 94 valence electrons. The Morgan fingerprint density at radius 3 is 2.78 bits per heavy atom. The second-order valence-electron chi connectivity index (χ2n) is 3.70. The van der Waals surface area contributed by atoms with Crippen molar-refractivity contribution >= 4 is 39.3 Å². The van der Waals surface area contributed by atoms with Crippen LogP contribution in [0.5, 0.6) is 5.75 Å². The van der Waals surface area contributed by atoms with Crippen LogP contribution in [0.15, 0.2) is 51.8 Å². The number of halogens is 2. The van der Waals surface area contributed by atoms with Crippen LogP contribution in [0, 0.1) is 0 Å². The van der Waals surface area contributed by atoms with Crippen LogP contribution in [0.1, 0.15) is 5.56 Å². The first-order chi connectivity index (χ1) is 8.69. The molecular weight excluding hydrogens is 332 g/mol. The fourth-order valence-electron chi connectivity index (χ4n) is 1.58. The number of methoxy groups -OCH3 is 1. The number of hydrogen-bond donors (Lipinski definition) is 0. The zero-order valence-corrected chi connectivity index (χ0v) is 13.0. The Morgan fingerprint density at radius 2 is 2.06 bits per heavy atom. The lowest BCUT2D eigenvalue weighted by atomic mass is 10.2. The monoisotopic (exact) mass is 342 g/mol. The summed E-state index contributed by atoms with van der Waals surface area (Å²) in [5.74, 6) is 1.76. The molecule has 0 spiro atoms. The Morgan fingerprint density at radius 1 is 1.22 bits per heavy atom. The van der Waals surface area contributed by atoms with Gasteiger partial charge < -0.3 is 4.74 Å². The number of benzene rings is 2. The summed E-state index contributed by atoms with van der Waals surface area (Å²) < 4.78 is 6.41. The molecule has 2 rings (SSSR count). The van der Waals surface area contributed by atoms with E-state index in [-0.39, 0.29) is 0 Å². The highest BCUT2D eigenvalue weighted by Crippen LogP contribution is 2.30. The van der Waals surface area contributed by atoms with E-state index < -0.39 is 0 Å². The van der Waals surface area contributed by atoms with Gasteiger partial charge in [-0.05, 0) is 36.4 Å². The molecule has 0 heterocycles. The molecule has 0 aliphatic rings. The minimum absolute atomic E-state index is 0.765. The van der Waals surface area contributed by atoms with Crippen LogP contribution in [-0.4, -0.2) is 7.11 Å². The zero-order chi connectivity index (χ0) is 13.0. The van der Waals surface area contributed by atoms with E-state index in [9.17, 15) is 0 Å². The molecule has 0 aliphatic heterocycles. The number of rotatable bonds is 4. The van der Waals surface area contributed by atoms with E-state index in [2.05, 4.69) is 28.1 Å². The maximum atomic E-state index is 5.96. The molecule has 2 aromatic carbocycles. The average molecular weight is 344 g/mol. The molecule has 0 atom stereocenters. The number of hydrogen-bond acceptors (Lipinski definition) is 2. The lowest BCUT2D eigenvalue weighted by Crippen LogP contribution is -1.90. The Hall–Kier alpha value is -0.640. The maximum Gasteiger partial charge on any atom is 0.122 e. The van der Waals surface area contributed by atoms with Gasteiger partial charge in [-0.25, -0.2) is 0 Å². The average Bonchev–Trinajstić information content (AvgIpc) is 2.37. The summed E-state index contributed by atoms with van der Waals surface area (Å²) in [5.41, 5.74) is 1.16. The molecule has 0 aliphatic carbocycles. The predicted octanol–water partition coefficient (Wildman–Crippen LogP) is 5.40. The molecule has 2 aromatic rings. The zero-order valence-electron chi connectivity index (χ0n) is 9.82. The van der Waals surface area contributed by atoms with Gasteiger partial charge in [0, 0.05) is 25.7 Å². The molecule has 0 fully saturated rings. The van der Waals surface area contributed by atoms with Crippen LogP contribution in [-0.2, 0) is 5.75 Å². The number of thioether (sulfide) groups is 1. The summed E-state index contributed by atoms with van der Waals surface area (Å²) in [7, 11) is 1.69. The minimum Gasteiger partial charge on any atom is -0.496 e. The van der Waals surface area contributed by atoms with Gasteiger partial charge in [0.05, 0.1) is 7.11 Å². The van der Waals surface area contributed by atoms with E-state index in [1.807, 2.05) is 30.3 Å². The van der Waals surface area contributed by atoms with Crippen LogP contribution in [0.2, 0.25) is 5.02 Å². The normalized spacial score (nSPS) is 10.4. The molecule has 0 radical (unpaired) electrons. The third-order valence-corrected chi connectivity index (χ3v) is 4.20. The highest BCUT2D eigenvalue weighted by atomic mass is 79.9. The molecular formula is C14H12BrClOS. The van der Waals surface area contributed by atoms with E-state index in [4.69, 9.17) is 16.3 Å². The first-order valence-corrected chi connectivity index (χ1v) is 7.55. The van der Waals surface area contributed by atoms with Gasteiger partial charge >= 0.3 is 0 Å². The Kier molecular flexibility index (Phi) is 4.98. The van der Waals surface area contributed by atoms with E-state index in [0.29, 0.717) is 0 Å². The maximum absolute atomic E-state index is 5.96. The summed E-state index contributed by atoms with van der Waals surface area (Å²) >= 11 is 11.2. The van der Waals surface area contributed by atoms with E-state index in [0.717, 1.165) is 31.5 Å². The predicted molar refractivity (Wildman–Crippen MR) is 81.7 cm³/mol. The molecule has 0 aromatic heterocycles. The Labute approximate surface area is 125 Å². The van der Waals surface area contributed by atoms with Crippen molar-refractivity contribution in [2.24, 2.45) is 0 Å². The summed E-state index contributed by atoms with van der Waals surface area (Å²) in [5, 5.41) is 0.765. The van der Waals surface area contributed by atoms with Crippen LogP contribution in [0.25, 0.3) is 0 Å². The molecule has 0 bridgehead atoms. The molecule has 0 saturated carbocycles. The van der Waals surface area contributed by atoms with Crippen LogP contribution in [0.4, 0.5) is 0 Å². The van der Waals surface area contributed by atoms with Crippen molar-refractivity contribution in [2.75, 3.05) is 7.11 Å². The highest BCUT2D eigenvalue weighted by Gasteiger charge is 2.05. The molecule has 1 nitrogen and oxygen atoms in total. The standard InChI is InChI=1S/C14H12BrClOS/c1-17-14-6-5-11(15)7-10(14)9-18-13-4-2-3-12(16)8-13/h2-8H,9H2,1H3. The second kappa shape index (κ2) is 6.50. The first-order valence-electron chi connectivity index (χ1n) is 5.40. The molecule has 0 saturated heterocycles. The van der Waals surface area contributed by atoms with E-state index in [1.54, 1.807) is 18.9 Å². The van der Waals surface area contributed by atoms with E-state index >= 15 is 0 Å². The van der Waals surface area contributed by atoms with Gasteiger partial charge in [0.1, 0.15) is 5.75 Å². The quantitative estimate of drug-likeness (QED) is 0.687. The molecule has 0 N–H and O–H groups in total. The van der Waals surface area contributed by atoms with Gasteiger partial charge in [-0.2, -0.15) is 0 Å². The fraction of sp³-hybridized carbons (Fsp3) is 0.143. The SMILES string of the molecule is COc1ccc(Br)cc1CSc1cccc(Cl)c1. The van der Waals surface area contributed by atoms with Gasteiger partial charge in [-0.1, -0.05) is 33.6 Å². The van der Waals surface area contributed by atoms with Crippen LogP contribution in [0.3, 0.4) is 0 Å². The second-order valence-corrected chi connectivity index (χ2v) is 6.10.